The summed E-state index contributed by atoms with van der Waals surface area (Å²) < 4.78 is 5.22. The molecule has 8 nitrogen and oxygen atoms in total. The van der Waals surface area contributed by atoms with Crippen LogP contribution in [0.4, 0.5) is 5.82 Å². The molecule has 0 atom stereocenters. The van der Waals surface area contributed by atoms with E-state index >= 15 is 0 Å². The van der Waals surface area contributed by atoms with Crippen molar-refractivity contribution in [2.45, 2.75) is 13.3 Å². The van der Waals surface area contributed by atoms with Crippen molar-refractivity contribution < 1.29 is 14.3 Å². The van der Waals surface area contributed by atoms with Crippen molar-refractivity contribution in [3.63, 3.8) is 0 Å². The monoisotopic (exact) mass is 473 g/mol. The van der Waals surface area contributed by atoms with Crippen molar-refractivity contribution in [2.24, 2.45) is 0 Å². The zero-order chi connectivity index (χ0) is 24.6. The molecule has 8 heteroatoms. The summed E-state index contributed by atoms with van der Waals surface area (Å²) in [6.07, 6.45) is 0.823. The van der Waals surface area contributed by atoms with Gasteiger partial charge in [-0.05, 0) is 43.7 Å². The van der Waals surface area contributed by atoms with E-state index in [1.54, 1.807) is 36.3 Å². The highest BCUT2D eigenvalue weighted by Crippen LogP contribution is 2.19. The number of carbonyl (C=O) groups is 2. The van der Waals surface area contributed by atoms with Gasteiger partial charge in [0.15, 0.2) is 5.82 Å². The Balaban J connectivity index is 1.36. The fraction of sp³-hybridized carbons (Fsp3) is 0.333. The number of aromatic nitrogens is 2. The number of hydrogen-bond donors (Lipinski definition) is 0. The zero-order valence-electron chi connectivity index (χ0n) is 20.3. The van der Waals surface area contributed by atoms with Gasteiger partial charge in [0, 0.05) is 43.9 Å². The zero-order valence-corrected chi connectivity index (χ0v) is 20.3. The van der Waals surface area contributed by atoms with Gasteiger partial charge < -0.3 is 19.4 Å². The van der Waals surface area contributed by atoms with Gasteiger partial charge in [0.2, 0.25) is 5.91 Å². The maximum Gasteiger partial charge on any atom is 0.254 e. The maximum atomic E-state index is 13.1. The van der Waals surface area contributed by atoms with Crippen LogP contribution in [-0.4, -0.2) is 78.2 Å². The lowest BCUT2D eigenvalue weighted by Gasteiger charge is -2.26. The Kier molecular flexibility index (Phi) is 7.92. The van der Waals surface area contributed by atoms with Crippen molar-refractivity contribution in [1.82, 2.24) is 20.0 Å². The third kappa shape index (κ3) is 5.95. The highest BCUT2D eigenvalue weighted by atomic mass is 16.5. The summed E-state index contributed by atoms with van der Waals surface area (Å²) in [5.74, 6) is 1.20. The normalized spacial score (nSPS) is 13.8. The van der Waals surface area contributed by atoms with E-state index in [4.69, 9.17) is 4.74 Å². The summed E-state index contributed by atoms with van der Waals surface area (Å²) in [5, 5.41) is 8.83. The minimum atomic E-state index is -0.176. The van der Waals surface area contributed by atoms with Crippen LogP contribution in [0.1, 0.15) is 23.7 Å². The Hall–Kier alpha value is -3.94. The molecule has 2 amide bonds. The van der Waals surface area contributed by atoms with E-state index in [1.807, 2.05) is 54.3 Å². The molecule has 0 bridgehead atoms. The van der Waals surface area contributed by atoms with Crippen LogP contribution < -0.4 is 9.64 Å². The van der Waals surface area contributed by atoms with E-state index < -0.39 is 0 Å². The molecule has 0 unspecified atom stereocenters. The molecule has 2 heterocycles. The van der Waals surface area contributed by atoms with Crippen LogP contribution in [0.15, 0.2) is 66.7 Å². The lowest BCUT2D eigenvalue weighted by atomic mass is 10.1. The first-order valence-corrected chi connectivity index (χ1v) is 11.9. The Morgan fingerprint density at radius 3 is 2.49 bits per heavy atom. The number of anilines is 1. The van der Waals surface area contributed by atoms with Crippen molar-refractivity contribution in [1.29, 1.82) is 0 Å². The van der Waals surface area contributed by atoms with Crippen LogP contribution in [0.25, 0.3) is 11.3 Å². The molecule has 1 aromatic heterocycles. The maximum absolute atomic E-state index is 13.1. The average Bonchev–Trinajstić information content (AvgIpc) is 3.18. The van der Waals surface area contributed by atoms with Gasteiger partial charge in [-0.15, -0.1) is 10.2 Å². The number of amides is 2. The third-order valence-electron chi connectivity index (χ3n) is 6.20. The largest absolute Gasteiger partial charge is 0.497 e. The van der Waals surface area contributed by atoms with E-state index in [1.165, 1.54) is 0 Å². The smallest absolute Gasteiger partial charge is 0.254 e. The molecule has 3 aromatic rings. The number of ether oxygens (including phenoxy) is 1. The number of hydrogen-bond acceptors (Lipinski definition) is 6. The first-order valence-electron chi connectivity index (χ1n) is 11.9. The van der Waals surface area contributed by atoms with Gasteiger partial charge in [-0.25, -0.2) is 0 Å². The summed E-state index contributed by atoms with van der Waals surface area (Å²) in [5.41, 5.74) is 2.38. The van der Waals surface area contributed by atoms with E-state index in [2.05, 4.69) is 15.1 Å². The number of nitrogens with zero attached hydrogens (tertiary/aromatic N) is 5. The van der Waals surface area contributed by atoms with Crippen LogP contribution in [0, 0.1) is 0 Å². The number of methoxy groups -OCH3 is 1. The number of likely N-dealkylation sites (N-methyl/N-ethyl adjacent to an activating group) is 1. The van der Waals surface area contributed by atoms with Crippen LogP contribution in [0.3, 0.4) is 0 Å². The molecular formula is C27H31N5O3. The molecule has 1 saturated heterocycles. The Morgan fingerprint density at radius 1 is 0.943 bits per heavy atom. The summed E-state index contributed by atoms with van der Waals surface area (Å²) in [7, 11) is 1.57. The van der Waals surface area contributed by atoms with Crippen molar-refractivity contribution in [2.75, 3.05) is 51.3 Å². The van der Waals surface area contributed by atoms with E-state index in [9.17, 15) is 9.59 Å². The molecule has 1 aliphatic heterocycles. The predicted molar refractivity (Wildman–Crippen MR) is 135 cm³/mol. The van der Waals surface area contributed by atoms with E-state index in [0.29, 0.717) is 37.5 Å². The molecule has 1 fully saturated rings. The molecule has 2 aromatic carbocycles. The van der Waals surface area contributed by atoms with Gasteiger partial charge in [-0.3, -0.25) is 9.59 Å². The molecule has 35 heavy (non-hydrogen) atoms. The summed E-state index contributed by atoms with van der Waals surface area (Å²) in [6.45, 7) is 5.07. The summed E-state index contributed by atoms with van der Waals surface area (Å²) >= 11 is 0. The van der Waals surface area contributed by atoms with Gasteiger partial charge >= 0.3 is 0 Å². The average molecular weight is 474 g/mol. The second-order valence-electron chi connectivity index (χ2n) is 8.42. The van der Waals surface area contributed by atoms with Gasteiger partial charge in [0.25, 0.3) is 5.91 Å². The van der Waals surface area contributed by atoms with Gasteiger partial charge in [-0.2, -0.15) is 0 Å². The second kappa shape index (κ2) is 11.5. The molecule has 4 rings (SSSR count). The SMILES string of the molecule is CCN(CC(=O)N1CCCN(c2ccc(-c3ccccc3)nn2)CC1)C(=O)c1cccc(OC)c1. The van der Waals surface area contributed by atoms with Crippen molar-refractivity contribution in [3.8, 4) is 17.0 Å². The third-order valence-corrected chi connectivity index (χ3v) is 6.20. The predicted octanol–water partition coefficient (Wildman–Crippen LogP) is 3.35. The number of rotatable bonds is 7. The number of carbonyl (C=O) groups excluding carboxylic acids is 2. The molecular weight excluding hydrogens is 442 g/mol. The molecule has 0 radical (unpaired) electrons. The highest BCUT2D eigenvalue weighted by molar-refractivity contribution is 5.96. The standard InChI is InChI=1S/C27H31N5O3/c1-3-30(27(34)22-11-7-12-23(19-22)35-2)20-26(33)32-16-8-15-31(17-18-32)25-14-13-24(28-29-25)21-9-5-4-6-10-21/h4-7,9-14,19H,3,8,15-18,20H2,1-2H3. The highest BCUT2D eigenvalue weighted by Gasteiger charge is 2.24. The van der Waals surface area contributed by atoms with Crippen LogP contribution in [0.5, 0.6) is 5.75 Å². The second-order valence-corrected chi connectivity index (χ2v) is 8.42. The van der Waals surface area contributed by atoms with Crippen LogP contribution in [-0.2, 0) is 4.79 Å². The minimum Gasteiger partial charge on any atom is -0.497 e. The fourth-order valence-electron chi connectivity index (χ4n) is 4.18. The molecule has 0 spiro atoms. The first-order chi connectivity index (χ1) is 17.1. The molecule has 0 aliphatic carbocycles. The van der Waals surface area contributed by atoms with Crippen molar-refractivity contribution >= 4 is 17.6 Å². The lowest BCUT2D eigenvalue weighted by Crippen LogP contribution is -2.44. The fourth-order valence-corrected chi connectivity index (χ4v) is 4.18. The van der Waals surface area contributed by atoms with Gasteiger partial charge in [-0.1, -0.05) is 36.4 Å². The summed E-state index contributed by atoms with van der Waals surface area (Å²) in [4.78, 5) is 31.6. The molecule has 182 valence electrons. The van der Waals surface area contributed by atoms with Gasteiger partial charge in [0.1, 0.15) is 12.3 Å². The van der Waals surface area contributed by atoms with Crippen LogP contribution in [0.2, 0.25) is 0 Å². The van der Waals surface area contributed by atoms with Gasteiger partial charge in [0.05, 0.1) is 12.8 Å². The topological polar surface area (TPSA) is 78.9 Å². The molecule has 0 N–H and O–H groups in total. The van der Waals surface area contributed by atoms with E-state index in [0.717, 1.165) is 30.0 Å². The minimum absolute atomic E-state index is 0.0459. The lowest BCUT2D eigenvalue weighted by molar-refractivity contribution is -0.131. The Labute approximate surface area is 206 Å². The van der Waals surface area contributed by atoms with Crippen LogP contribution >= 0.6 is 0 Å². The Bertz CT molecular complexity index is 1140. The molecule has 1 aliphatic rings. The Morgan fingerprint density at radius 2 is 1.77 bits per heavy atom. The van der Waals surface area contributed by atoms with E-state index in [-0.39, 0.29) is 18.4 Å². The number of benzene rings is 2. The quantitative estimate of drug-likeness (QED) is 0.524. The summed E-state index contributed by atoms with van der Waals surface area (Å²) in [6, 6.07) is 20.9. The molecule has 0 saturated carbocycles. The van der Waals surface area contributed by atoms with Crippen molar-refractivity contribution in [3.05, 3.63) is 72.3 Å². The first kappa shape index (κ1) is 24.2.